The van der Waals surface area contributed by atoms with E-state index in [2.05, 4.69) is 12.2 Å². The summed E-state index contributed by atoms with van der Waals surface area (Å²) in [5.74, 6) is -0.0951. The van der Waals surface area contributed by atoms with Crippen molar-refractivity contribution in [3.63, 3.8) is 0 Å². The van der Waals surface area contributed by atoms with Crippen LogP contribution in [0.2, 0.25) is 0 Å². The van der Waals surface area contributed by atoms with E-state index in [4.69, 9.17) is 0 Å². The molecule has 3 rings (SSSR count). The molecule has 1 aliphatic heterocycles. The van der Waals surface area contributed by atoms with Crippen molar-refractivity contribution in [3.8, 4) is 0 Å². The highest BCUT2D eigenvalue weighted by Crippen LogP contribution is 2.32. The summed E-state index contributed by atoms with van der Waals surface area (Å²) in [4.78, 5) is 25.5. The van der Waals surface area contributed by atoms with Crippen molar-refractivity contribution in [3.05, 3.63) is 29.8 Å². The second kappa shape index (κ2) is 4.68. The molecule has 1 aromatic carbocycles. The van der Waals surface area contributed by atoms with E-state index in [1.807, 2.05) is 24.3 Å². The topological polar surface area (TPSA) is 49.4 Å². The van der Waals surface area contributed by atoms with Crippen LogP contribution in [0.4, 0.5) is 5.69 Å². The number of benzene rings is 1. The van der Waals surface area contributed by atoms with Crippen molar-refractivity contribution >= 4 is 17.5 Å². The SMILES string of the molecule is CCc1ccc(NC2CC(=O)N(C3CC3)C2=O)cc1. The quantitative estimate of drug-likeness (QED) is 0.840. The second-order valence-corrected chi connectivity index (χ2v) is 5.28. The van der Waals surface area contributed by atoms with Gasteiger partial charge in [0, 0.05) is 11.7 Å². The number of aryl methyl sites for hydroxylation is 1. The summed E-state index contributed by atoms with van der Waals surface area (Å²) < 4.78 is 0. The second-order valence-electron chi connectivity index (χ2n) is 5.28. The third-order valence-electron chi connectivity index (χ3n) is 3.80. The molecule has 2 fully saturated rings. The molecule has 2 amide bonds. The molecule has 19 heavy (non-hydrogen) atoms. The average Bonchev–Trinajstić information content (AvgIpc) is 3.19. The first-order valence-corrected chi connectivity index (χ1v) is 6.90. The number of nitrogens with one attached hydrogen (secondary N) is 1. The van der Waals surface area contributed by atoms with Crippen LogP contribution < -0.4 is 5.32 Å². The summed E-state index contributed by atoms with van der Waals surface area (Å²) in [6, 6.07) is 7.81. The van der Waals surface area contributed by atoms with Crippen molar-refractivity contribution < 1.29 is 9.59 Å². The summed E-state index contributed by atoms with van der Waals surface area (Å²) in [6.07, 6.45) is 3.21. The van der Waals surface area contributed by atoms with E-state index < -0.39 is 0 Å². The van der Waals surface area contributed by atoms with Gasteiger partial charge in [0.15, 0.2) is 0 Å². The third kappa shape index (κ3) is 2.35. The molecule has 1 aromatic rings. The molecule has 100 valence electrons. The lowest BCUT2D eigenvalue weighted by molar-refractivity contribution is -0.139. The summed E-state index contributed by atoms with van der Waals surface area (Å²) in [5.41, 5.74) is 2.17. The van der Waals surface area contributed by atoms with E-state index in [1.165, 1.54) is 10.5 Å². The Hall–Kier alpha value is -1.84. The summed E-state index contributed by atoms with van der Waals surface area (Å²) in [6.45, 7) is 2.11. The number of hydrogen-bond donors (Lipinski definition) is 1. The van der Waals surface area contributed by atoms with Gasteiger partial charge < -0.3 is 5.32 Å². The molecule has 0 bridgehead atoms. The van der Waals surface area contributed by atoms with Crippen molar-refractivity contribution in [2.45, 2.75) is 44.7 Å². The molecule has 1 N–H and O–H groups in total. The molecule has 1 heterocycles. The lowest BCUT2D eigenvalue weighted by Gasteiger charge is -2.15. The molecule has 1 saturated heterocycles. The zero-order valence-corrected chi connectivity index (χ0v) is 11.1. The van der Waals surface area contributed by atoms with Gasteiger partial charge in [-0.2, -0.15) is 0 Å². The normalized spacial score (nSPS) is 23.0. The van der Waals surface area contributed by atoms with Crippen LogP contribution in [0.3, 0.4) is 0 Å². The fraction of sp³-hybridized carbons (Fsp3) is 0.467. The molecule has 1 atom stereocenters. The molecule has 4 heteroatoms. The standard InChI is InChI=1S/C15H18N2O2/c1-2-10-3-5-11(6-4-10)16-13-9-14(18)17(15(13)19)12-7-8-12/h3-6,12-13,16H,2,7-9H2,1H3. The highest BCUT2D eigenvalue weighted by atomic mass is 16.2. The van der Waals surface area contributed by atoms with Crippen molar-refractivity contribution in [2.24, 2.45) is 0 Å². The Morgan fingerprint density at radius 3 is 2.47 bits per heavy atom. The average molecular weight is 258 g/mol. The van der Waals surface area contributed by atoms with Crippen LogP contribution in [-0.2, 0) is 16.0 Å². The minimum Gasteiger partial charge on any atom is -0.373 e. The van der Waals surface area contributed by atoms with Gasteiger partial charge in [0.25, 0.3) is 5.91 Å². The molecule has 1 saturated carbocycles. The van der Waals surface area contributed by atoms with Gasteiger partial charge in [-0.3, -0.25) is 14.5 Å². The van der Waals surface area contributed by atoms with E-state index in [1.54, 1.807) is 0 Å². The van der Waals surface area contributed by atoms with Crippen molar-refractivity contribution in [1.29, 1.82) is 0 Å². The number of amides is 2. The van der Waals surface area contributed by atoms with Crippen LogP contribution in [0.25, 0.3) is 0 Å². The van der Waals surface area contributed by atoms with E-state index >= 15 is 0 Å². The molecular formula is C15H18N2O2. The van der Waals surface area contributed by atoms with E-state index in [9.17, 15) is 9.59 Å². The summed E-state index contributed by atoms with van der Waals surface area (Å²) in [5, 5.41) is 3.17. The zero-order chi connectivity index (χ0) is 13.4. The number of carbonyl (C=O) groups excluding carboxylic acids is 2. The first-order chi connectivity index (χ1) is 9.19. The first kappa shape index (κ1) is 12.2. The molecule has 4 nitrogen and oxygen atoms in total. The highest BCUT2D eigenvalue weighted by molar-refractivity contribution is 6.07. The number of carbonyl (C=O) groups is 2. The van der Waals surface area contributed by atoms with Gasteiger partial charge in [0.05, 0.1) is 6.42 Å². The largest absolute Gasteiger partial charge is 0.373 e. The maximum atomic E-state index is 12.2. The van der Waals surface area contributed by atoms with E-state index in [0.717, 1.165) is 24.9 Å². The highest BCUT2D eigenvalue weighted by Gasteiger charge is 2.45. The maximum Gasteiger partial charge on any atom is 0.252 e. The number of likely N-dealkylation sites (tertiary alicyclic amines) is 1. The predicted octanol–water partition coefficient (Wildman–Crippen LogP) is 1.95. The Kier molecular flexibility index (Phi) is 3.01. The number of anilines is 1. The van der Waals surface area contributed by atoms with E-state index in [0.29, 0.717) is 0 Å². The molecule has 0 aromatic heterocycles. The predicted molar refractivity (Wildman–Crippen MR) is 72.7 cm³/mol. The van der Waals surface area contributed by atoms with Crippen LogP contribution in [0, 0.1) is 0 Å². The molecule has 1 unspecified atom stereocenters. The number of hydrogen-bond acceptors (Lipinski definition) is 3. The Labute approximate surface area is 112 Å². The minimum atomic E-state index is -0.388. The Bertz CT molecular complexity index is 505. The van der Waals surface area contributed by atoms with Gasteiger partial charge in [0.2, 0.25) is 5.91 Å². The number of rotatable bonds is 4. The van der Waals surface area contributed by atoms with Crippen LogP contribution >= 0.6 is 0 Å². The Balaban J connectivity index is 1.69. The van der Waals surface area contributed by atoms with Gasteiger partial charge in [-0.05, 0) is 37.0 Å². The maximum absolute atomic E-state index is 12.2. The smallest absolute Gasteiger partial charge is 0.252 e. The Morgan fingerprint density at radius 1 is 1.21 bits per heavy atom. The number of imide groups is 1. The van der Waals surface area contributed by atoms with Gasteiger partial charge in [-0.15, -0.1) is 0 Å². The lowest BCUT2D eigenvalue weighted by atomic mass is 10.1. The molecular weight excluding hydrogens is 240 g/mol. The molecule has 0 radical (unpaired) electrons. The zero-order valence-electron chi connectivity index (χ0n) is 11.1. The van der Waals surface area contributed by atoms with E-state index in [-0.39, 0.29) is 30.3 Å². The van der Waals surface area contributed by atoms with Crippen LogP contribution in [0.5, 0.6) is 0 Å². The van der Waals surface area contributed by atoms with Gasteiger partial charge in [-0.1, -0.05) is 19.1 Å². The summed E-state index contributed by atoms with van der Waals surface area (Å²) in [7, 11) is 0. The van der Waals surface area contributed by atoms with Gasteiger partial charge >= 0.3 is 0 Å². The molecule has 2 aliphatic rings. The Morgan fingerprint density at radius 2 is 1.89 bits per heavy atom. The molecule has 1 aliphatic carbocycles. The van der Waals surface area contributed by atoms with Crippen LogP contribution in [0.15, 0.2) is 24.3 Å². The molecule has 0 spiro atoms. The van der Waals surface area contributed by atoms with Crippen LogP contribution in [-0.4, -0.2) is 28.8 Å². The van der Waals surface area contributed by atoms with Gasteiger partial charge in [0.1, 0.15) is 6.04 Å². The lowest BCUT2D eigenvalue weighted by Crippen LogP contribution is -2.36. The third-order valence-corrected chi connectivity index (χ3v) is 3.80. The van der Waals surface area contributed by atoms with Crippen molar-refractivity contribution in [2.75, 3.05) is 5.32 Å². The monoisotopic (exact) mass is 258 g/mol. The fourth-order valence-electron chi connectivity index (χ4n) is 2.52. The number of nitrogens with zero attached hydrogens (tertiary/aromatic N) is 1. The fourth-order valence-corrected chi connectivity index (χ4v) is 2.52. The van der Waals surface area contributed by atoms with Gasteiger partial charge in [-0.25, -0.2) is 0 Å². The van der Waals surface area contributed by atoms with Crippen molar-refractivity contribution in [1.82, 2.24) is 4.90 Å². The summed E-state index contributed by atoms with van der Waals surface area (Å²) >= 11 is 0. The minimum absolute atomic E-state index is 0.0322. The first-order valence-electron chi connectivity index (χ1n) is 6.90. The van der Waals surface area contributed by atoms with Crippen LogP contribution in [0.1, 0.15) is 31.7 Å².